The van der Waals surface area contributed by atoms with Crippen LogP contribution in [0.3, 0.4) is 0 Å². The fraction of sp³-hybridized carbons (Fsp3) is 0.727. The van der Waals surface area contributed by atoms with Gasteiger partial charge < -0.3 is 19.4 Å². The third-order valence-corrected chi connectivity index (χ3v) is 12.3. The summed E-state index contributed by atoms with van der Waals surface area (Å²) in [6.07, 6.45) is -1.05. The average molecular weight is 395 g/mol. The lowest BCUT2D eigenvalue weighted by molar-refractivity contribution is -0.174. The normalized spacial score (nSPS) is 26.9. The molecule has 1 fully saturated rings. The van der Waals surface area contributed by atoms with E-state index >= 15 is 0 Å². The Kier molecular flexibility index (Phi) is 8.07. The van der Waals surface area contributed by atoms with E-state index in [1.165, 1.54) is 0 Å². The molecule has 1 aromatic carbocycles. The number of hydrogen-bond donors (Lipinski definition) is 2. The highest BCUT2D eigenvalue weighted by atomic mass is 28.4. The van der Waals surface area contributed by atoms with Crippen LogP contribution < -0.4 is 0 Å². The lowest BCUT2D eigenvalue weighted by atomic mass is 9.92. The van der Waals surface area contributed by atoms with Gasteiger partial charge in [-0.3, -0.25) is 0 Å². The molecular formula is C22H38O4Si. The maximum Gasteiger partial charge on any atom is 0.200 e. The highest BCUT2D eigenvalue weighted by Crippen LogP contribution is 2.42. The van der Waals surface area contributed by atoms with Crippen molar-refractivity contribution in [2.45, 2.75) is 95.4 Å². The minimum absolute atomic E-state index is 0.105. The first-order valence-corrected chi connectivity index (χ1v) is 12.5. The third kappa shape index (κ3) is 5.01. The van der Waals surface area contributed by atoms with E-state index in [1.807, 2.05) is 30.3 Å². The second-order valence-electron chi connectivity index (χ2n) is 8.84. The van der Waals surface area contributed by atoms with Gasteiger partial charge in [-0.2, -0.15) is 0 Å². The predicted molar refractivity (Wildman–Crippen MR) is 112 cm³/mol. The SMILES string of the molecule is CC(C)[Si](OCC[C@@H]1C[C@H](O)[C@H](O)[C@@H](c2ccccc2)O1)(C(C)C)C(C)C. The number of ether oxygens (including phenoxy) is 1. The number of rotatable bonds is 8. The van der Waals surface area contributed by atoms with Gasteiger partial charge in [0.05, 0.1) is 12.2 Å². The number of benzene rings is 1. The molecule has 0 amide bonds. The predicted octanol–water partition coefficient (Wildman–Crippen LogP) is 4.82. The summed E-state index contributed by atoms with van der Waals surface area (Å²) in [5, 5.41) is 20.7. The molecule has 4 nitrogen and oxygen atoms in total. The Bertz CT molecular complexity index is 539. The van der Waals surface area contributed by atoms with E-state index in [1.54, 1.807) is 0 Å². The molecule has 0 aromatic heterocycles. The molecule has 0 bridgehead atoms. The van der Waals surface area contributed by atoms with Crippen LogP contribution in [0.2, 0.25) is 16.6 Å². The molecule has 2 N–H and O–H groups in total. The van der Waals surface area contributed by atoms with Gasteiger partial charge in [-0.25, -0.2) is 0 Å². The fourth-order valence-corrected chi connectivity index (χ4v) is 10.4. The molecule has 4 atom stereocenters. The van der Waals surface area contributed by atoms with Crippen molar-refractivity contribution in [2.75, 3.05) is 6.61 Å². The minimum Gasteiger partial charge on any atom is -0.416 e. The molecule has 0 spiro atoms. The first-order chi connectivity index (χ1) is 12.7. The second-order valence-corrected chi connectivity index (χ2v) is 14.3. The lowest BCUT2D eigenvalue weighted by Crippen LogP contribution is -2.49. The molecule has 0 radical (unpaired) electrons. The van der Waals surface area contributed by atoms with Crippen molar-refractivity contribution in [3.63, 3.8) is 0 Å². The first kappa shape index (κ1) is 22.6. The fourth-order valence-electron chi connectivity index (χ4n) is 4.93. The molecule has 0 unspecified atom stereocenters. The quantitative estimate of drug-likeness (QED) is 0.621. The van der Waals surface area contributed by atoms with E-state index in [-0.39, 0.29) is 6.10 Å². The smallest absolute Gasteiger partial charge is 0.200 e. The molecule has 0 aliphatic carbocycles. The van der Waals surface area contributed by atoms with Gasteiger partial charge in [0.2, 0.25) is 0 Å². The Labute approximate surface area is 166 Å². The molecule has 1 aromatic rings. The second kappa shape index (κ2) is 9.66. The Morgan fingerprint density at radius 3 is 2.07 bits per heavy atom. The van der Waals surface area contributed by atoms with Crippen molar-refractivity contribution in [3.8, 4) is 0 Å². The number of aliphatic hydroxyl groups is 2. The summed E-state index contributed by atoms with van der Waals surface area (Å²) in [7, 11) is -1.89. The van der Waals surface area contributed by atoms with Crippen LogP contribution in [-0.4, -0.2) is 43.4 Å². The lowest BCUT2D eigenvalue weighted by Gasteiger charge is -2.43. The van der Waals surface area contributed by atoms with Gasteiger partial charge in [-0.1, -0.05) is 71.9 Å². The molecule has 154 valence electrons. The monoisotopic (exact) mass is 394 g/mol. The Morgan fingerprint density at radius 2 is 1.56 bits per heavy atom. The van der Waals surface area contributed by atoms with Crippen LogP contribution in [0.1, 0.15) is 66.1 Å². The Balaban J connectivity index is 2.02. The van der Waals surface area contributed by atoms with Crippen LogP contribution in [0.15, 0.2) is 30.3 Å². The maximum atomic E-state index is 10.4. The van der Waals surface area contributed by atoms with E-state index in [2.05, 4.69) is 41.5 Å². The Hall–Kier alpha value is -0.723. The summed E-state index contributed by atoms with van der Waals surface area (Å²) in [6.45, 7) is 14.4. The van der Waals surface area contributed by atoms with E-state index in [9.17, 15) is 10.2 Å². The molecule has 1 aliphatic rings. The Morgan fingerprint density at radius 1 is 1.00 bits per heavy atom. The van der Waals surface area contributed by atoms with Crippen molar-refractivity contribution in [1.82, 2.24) is 0 Å². The number of aliphatic hydroxyl groups excluding tert-OH is 2. The van der Waals surface area contributed by atoms with Crippen LogP contribution in [0.5, 0.6) is 0 Å². The zero-order valence-corrected chi connectivity index (χ0v) is 18.8. The van der Waals surface area contributed by atoms with Crippen LogP contribution >= 0.6 is 0 Å². The zero-order valence-electron chi connectivity index (χ0n) is 17.8. The minimum atomic E-state index is -1.89. The van der Waals surface area contributed by atoms with Gasteiger partial charge in [-0.15, -0.1) is 0 Å². The standard InChI is InChI=1S/C22H38O4Si/c1-15(2)27(16(3)4,17(5)6)25-13-12-19-14-20(23)21(24)22(26-19)18-10-8-7-9-11-18/h7-11,15-17,19-24H,12-14H2,1-6H3/t19-,20+,21+,22-/m1/s1. The summed E-state index contributed by atoms with van der Waals surface area (Å²) in [4.78, 5) is 0. The third-order valence-electron chi connectivity index (χ3n) is 6.17. The van der Waals surface area contributed by atoms with E-state index in [4.69, 9.17) is 9.16 Å². The zero-order chi connectivity index (χ0) is 20.2. The molecule has 2 rings (SSSR count). The largest absolute Gasteiger partial charge is 0.416 e. The van der Waals surface area contributed by atoms with Gasteiger partial charge in [-0.05, 0) is 28.6 Å². The van der Waals surface area contributed by atoms with Crippen LogP contribution in [0.4, 0.5) is 0 Å². The summed E-state index contributed by atoms with van der Waals surface area (Å²) < 4.78 is 12.8. The van der Waals surface area contributed by atoms with Crippen molar-refractivity contribution >= 4 is 8.32 Å². The maximum absolute atomic E-state index is 10.4. The molecule has 5 heteroatoms. The van der Waals surface area contributed by atoms with Gasteiger partial charge in [0.15, 0.2) is 8.32 Å². The van der Waals surface area contributed by atoms with Gasteiger partial charge in [0.25, 0.3) is 0 Å². The van der Waals surface area contributed by atoms with Crippen LogP contribution in [0.25, 0.3) is 0 Å². The summed E-state index contributed by atoms with van der Waals surface area (Å²) in [5.41, 5.74) is 2.56. The van der Waals surface area contributed by atoms with Crippen molar-refractivity contribution in [2.24, 2.45) is 0 Å². The van der Waals surface area contributed by atoms with Gasteiger partial charge >= 0.3 is 0 Å². The van der Waals surface area contributed by atoms with Crippen molar-refractivity contribution in [3.05, 3.63) is 35.9 Å². The summed E-state index contributed by atoms with van der Waals surface area (Å²) >= 11 is 0. The molecular weight excluding hydrogens is 356 g/mol. The van der Waals surface area contributed by atoms with Crippen LogP contribution in [-0.2, 0) is 9.16 Å². The number of hydrogen-bond acceptors (Lipinski definition) is 4. The van der Waals surface area contributed by atoms with Crippen molar-refractivity contribution < 1.29 is 19.4 Å². The van der Waals surface area contributed by atoms with Crippen LogP contribution in [0, 0.1) is 0 Å². The molecule has 0 saturated carbocycles. The molecule has 1 aliphatic heterocycles. The average Bonchev–Trinajstić information content (AvgIpc) is 2.61. The molecule has 1 heterocycles. The highest BCUT2D eigenvalue weighted by Gasteiger charge is 2.45. The molecule has 1 saturated heterocycles. The first-order valence-electron chi connectivity index (χ1n) is 10.4. The van der Waals surface area contributed by atoms with E-state index in [0.717, 1.165) is 12.0 Å². The van der Waals surface area contributed by atoms with Gasteiger partial charge in [0.1, 0.15) is 12.2 Å². The topological polar surface area (TPSA) is 58.9 Å². The highest BCUT2D eigenvalue weighted by molar-refractivity contribution is 6.77. The van der Waals surface area contributed by atoms with E-state index in [0.29, 0.717) is 29.7 Å². The van der Waals surface area contributed by atoms with E-state index < -0.39 is 26.6 Å². The molecule has 27 heavy (non-hydrogen) atoms. The summed E-state index contributed by atoms with van der Waals surface area (Å²) in [6, 6.07) is 9.67. The van der Waals surface area contributed by atoms with Crippen molar-refractivity contribution in [1.29, 1.82) is 0 Å². The summed E-state index contributed by atoms with van der Waals surface area (Å²) in [5.74, 6) is 0. The van der Waals surface area contributed by atoms with Gasteiger partial charge in [0, 0.05) is 13.0 Å².